The van der Waals surface area contributed by atoms with Crippen LogP contribution in [-0.2, 0) is 17.8 Å². The van der Waals surface area contributed by atoms with Gasteiger partial charge in [-0.15, -0.1) is 0 Å². The molecule has 0 spiro atoms. The lowest BCUT2D eigenvalue weighted by molar-refractivity contribution is 0.00694. The number of benzene rings is 4. The summed E-state index contributed by atoms with van der Waals surface area (Å²) in [5, 5.41) is 1.53. The summed E-state index contributed by atoms with van der Waals surface area (Å²) < 4.78 is 11.5. The average Bonchev–Trinajstić information content (AvgIpc) is 3.06. The summed E-state index contributed by atoms with van der Waals surface area (Å²) >= 11 is 0. The molecule has 5 aromatic rings. The largest absolute Gasteiger partial charge is 0.489 e. The Morgan fingerprint density at radius 2 is 1.47 bits per heavy atom. The first kappa shape index (κ1) is 31.2. The third-order valence-electron chi connectivity index (χ3n) is 6.91. The van der Waals surface area contributed by atoms with Gasteiger partial charge in [0.25, 0.3) is 5.91 Å². The Kier molecular flexibility index (Phi) is 10.0. The molecule has 0 radical (unpaired) electrons. The van der Waals surface area contributed by atoms with E-state index in [1.165, 1.54) is 5.01 Å². The molecular weight excluding hydrogens is 562 g/mol. The zero-order chi connectivity index (χ0) is 31.6. The molecule has 1 amide bonds. The van der Waals surface area contributed by atoms with Crippen LogP contribution in [0.15, 0.2) is 128 Å². The zero-order valence-electron chi connectivity index (χ0n) is 25.8. The molecule has 228 valence electrons. The number of nitrogens with one attached hydrogen (secondary N) is 1. The van der Waals surface area contributed by atoms with E-state index in [0.29, 0.717) is 36.4 Å². The molecule has 0 unspecified atom stereocenters. The van der Waals surface area contributed by atoms with Crippen LogP contribution in [0.25, 0.3) is 11.1 Å². The molecule has 0 aliphatic heterocycles. The fourth-order valence-corrected chi connectivity index (χ4v) is 4.72. The van der Waals surface area contributed by atoms with Crippen LogP contribution in [0.1, 0.15) is 52.7 Å². The fraction of sp³-hybridized carbons (Fsp3) is 0.184. The van der Waals surface area contributed by atoms with Crippen molar-refractivity contribution in [1.82, 2.24) is 10.4 Å². The van der Waals surface area contributed by atoms with Gasteiger partial charge in [0.05, 0.1) is 11.3 Å². The number of carbonyl (C=O) groups excluding carboxylic acids is 2. The summed E-state index contributed by atoms with van der Waals surface area (Å²) in [4.78, 5) is 31.3. The van der Waals surface area contributed by atoms with Gasteiger partial charge in [-0.2, -0.15) is 0 Å². The van der Waals surface area contributed by atoms with Crippen molar-refractivity contribution in [3.05, 3.63) is 150 Å². The molecule has 0 aliphatic rings. The van der Waals surface area contributed by atoms with E-state index in [4.69, 9.17) is 9.47 Å². The van der Waals surface area contributed by atoms with Crippen molar-refractivity contribution in [3.63, 3.8) is 0 Å². The van der Waals surface area contributed by atoms with E-state index in [-0.39, 0.29) is 5.91 Å². The number of hydrazine groups is 1. The first-order valence-electron chi connectivity index (χ1n) is 14.9. The lowest BCUT2D eigenvalue weighted by atomic mass is 9.98. The minimum Gasteiger partial charge on any atom is -0.489 e. The summed E-state index contributed by atoms with van der Waals surface area (Å²) in [6.07, 6.45) is 2.37. The Morgan fingerprint density at radius 3 is 2.16 bits per heavy atom. The van der Waals surface area contributed by atoms with E-state index in [2.05, 4.69) is 10.4 Å². The Labute approximate surface area is 264 Å². The Morgan fingerprint density at radius 1 is 0.778 bits per heavy atom. The molecule has 1 aromatic heterocycles. The van der Waals surface area contributed by atoms with Crippen molar-refractivity contribution in [2.45, 2.75) is 39.4 Å². The number of nitrogens with zero attached hydrogens (tertiary/aromatic N) is 2. The third kappa shape index (κ3) is 8.65. The molecule has 0 atom stereocenters. The normalized spacial score (nSPS) is 11.1. The zero-order valence-corrected chi connectivity index (χ0v) is 25.8. The van der Waals surface area contributed by atoms with Gasteiger partial charge >= 0.3 is 5.97 Å². The third-order valence-corrected chi connectivity index (χ3v) is 6.91. The fourth-order valence-electron chi connectivity index (χ4n) is 4.72. The summed E-state index contributed by atoms with van der Waals surface area (Å²) in [7, 11) is 0. The summed E-state index contributed by atoms with van der Waals surface area (Å²) in [6, 6.07) is 37.9. The smallest absolute Gasteiger partial charge is 0.338 e. The molecule has 0 bridgehead atoms. The topological polar surface area (TPSA) is 80.8 Å². The van der Waals surface area contributed by atoms with E-state index in [1.54, 1.807) is 30.5 Å². The average molecular weight is 600 g/mol. The minimum atomic E-state index is -0.610. The first-order chi connectivity index (χ1) is 21.8. The van der Waals surface area contributed by atoms with Gasteiger partial charge < -0.3 is 9.47 Å². The monoisotopic (exact) mass is 599 g/mol. The lowest BCUT2D eigenvalue weighted by Gasteiger charge is -2.25. The van der Waals surface area contributed by atoms with Gasteiger partial charge in [-0.1, -0.05) is 66.7 Å². The highest BCUT2D eigenvalue weighted by atomic mass is 16.6. The first-order valence-corrected chi connectivity index (χ1v) is 14.9. The highest BCUT2D eigenvalue weighted by Crippen LogP contribution is 2.28. The molecular formula is C38H37N3O4. The number of pyridine rings is 1. The molecule has 7 heteroatoms. The Balaban J connectivity index is 1.38. The van der Waals surface area contributed by atoms with E-state index in [0.717, 1.165) is 28.1 Å². The highest BCUT2D eigenvalue weighted by Gasteiger charge is 2.23. The Bertz CT molecular complexity index is 1700. The molecule has 0 fully saturated rings. The van der Waals surface area contributed by atoms with E-state index in [1.807, 2.05) is 118 Å². The summed E-state index contributed by atoms with van der Waals surface area (Å²) in [5.41, 5.74) is 7.89. The van der Waals surface area contributed by atoms with Crippen molar-refractivity contribution < 1.29 is 19.1 Å². The SMILES string of the molecule is CC(C)(C)OC(=O)c1ccc(N(NCCc2ccccn2)C(=O)c2ccccc2-c2ccc(OCc3ccccc3)cc2)cc1. The maximum atomic E-state index is 14.2. The molecule has 5 rings (SSSR count). The van der Waals surface area contributed by atoms with Gasteiger partial charge in [-0.25, -0.2) is 15.2 Å². The number of aromatic nitrogens is 1. The second kappa shape index (κ2) is 14.5. The van der Waals surface area contributed by atoms with Crippen LogP contribution in [0.5, 0.6) is 5.75 Å². The number of hydrogen-bond acceptors (Lipinski definition) is 6. The molecule has 0 saturated heterocycles. The molecule has 0 saturated carbocycles. The van der Waals surface area contributed by atoms with Crippen molar-refractivity contribution in [2.24, 2.45) is 0 Å². The minimum absolute atomic E-state index is 0.235. The number of esters is 1. The Hall–Kier alpha value is -5.27. The summed E-state index contributed by atoms with van der Waals surface area (Å²) in [5.74, 6) is 0.0897. The predicted octanol–water partition coefficient (Wildman–Crippen LogP) is 7.68. The van der Waals surface area contributed by atoms with Gasteiger partial charge in [0.15, 0.2) is 0 Å². The second-order valence-corrected chi connectivity index (χ2v) is 11.5. The van der Waals surface area contributed by atoms with Gasteiger partial charge in [-0.3, -0.25) is 9.78 Å². The van der Waals surface area contributed by atoms with E-state index in [9.17, 15) is 9.59 Å². The van der Waals surface area contributed by atoms with Crippen LogP contribution in [0.2, 0.25) is 0 Å². The van der Waals surface area contributed by atoms with Crippen LogP contribution in [-0.4, -0.2) is 29.0 Å². The van der Waals surface area contributed by atoms with Crippen LogP contribution in [0.4, 0.5) is 5.69 Å². The number of anilines is 1. The molecule has 1 N–H and O–H groups in total. The number of hydrogen-bond donors (Lipinski definition) is 1. The van der Waals surface area contributed by atoms with E-state index >= 15 is 0 Å². The van der Waals surface area contributed by atoms with E-state index < -0.39 is 11.6 Å². The maximum absolute atomic E-state index is 14.2. The molecule has 1 heterocycles. The molecule has 7 nitrogen and oxygen atoms in total. The van der Waals surface area contributed by atoms with Crippen molar-refractivity contribution in [2.75, 3.05) is 11.6 Å². The number of rotatable bonds is 11. The van der Waals surface area contributed by atoms with Crippen LogP contribution >= 0.6 is 0 Å². The second-order valence-electron chi connectivity index (χ2n) is 11.5. The van der Waals surface area contributed by atoms with Crippen molar-refractivity contribution >= 4 is 17.6 Å². The summed E-state index contributed by atoms with van der Waals surface area (Å²) in [6.45, 7) is 6.42. The van der Waals surface area contributed by atoms with Crippen LogP contribution in [0.3, 0.4) is 0 Å². The van der Waals surface area contributed by atoms with Crippen LogP contribution < -0.4 is 15.2 Å². The molecule has 4 aromatic carbocycles. The number of ether oxygens (including phenoxy) is 2. The van der Waals surface area contributed by atoms with Gasteiger partial charge in [0.1, 0.15) is 18.0 Å². The quantitative estimate of drug-likeness (QED) is 0.124. The van der Waals surface area contributed by atoms with Crippen molar-refractivity contribution in [3.8, 4) is 16.9 Å². The molecule has 0 aliphatic carbocycles. The number of carbonyl (C=O) groups is 2. The van der Waals surface area contributed by atoms with Gasteiger partial charge in [-0.05, 0) is 92.1 Å². The number of amides is 1. The van der Waals surface area contributed by atoms with Crippen molar-refractivity contribution in [1.29, 1.82) is 0 Å². The van der Waals surface area contributed by atoms with Gasteiger partial charge in [0.2, 0.25) is 0 Å². The predicted molar refractivity (Wildman–Crippen MR) is 177 cm³/mol. The maximum Gasteiger partial charge on any atom is 0.338 e. The lowest BCUT2D eigenvalue weighted by Crippen LogP contribution is -2.44. The molecule has 45 heavy (non-hydrogen) atoms. The highest BCUT2D eigenvalue weighted by molar-refractivity contribution is 6.09. The standard InChI is InChI=1S/C38H37N3O4/c1-38(2,3)45-37(43)30-16-20-32(21-17-30)41(40-26-24-31-13-9-10-25-39-31)36(42)35-15-8-7-14-34(35)29-18-22-33(23-19-29)44-27-28-11-5-4-6-12-28/h4-23,25,40H,24,26-27H2,1-3H3. The van der Waals surface area contributed by atoms with Crippen LogP contribution in [0, 0.1) is 0 Å². The van der Waals surface area contributed by atoms with Gasteiger partial charge in [0, 0.05) is 30.4 Å².